The Bertz CT molecular complexity index is 294. The summed E-state index contributed by atoms with van der Waals surface area (Å²) in [6.07, 6.45) is 6.17. The molecule has 0 saturated heterocycles. The van der Waals surface area contributed by atoms with Crippen LogP contribution in [0.3, 0.4) is 0 Å². The van der Waals surface area contributed by atoms with Gasteiger partial charge in [-0.15, -0.1) is 11.8 Å². The Morgan fingerprint density at radius 3 is 2.93 bits per heavy atom. The first-order valence-corrected chi connectivity index (χ1v) is 6.38. The lowest BCUT2D eigenvalue weighted by Gasteiger charge is -2.25. The van der Waals surface area contributed by atoms with E-state index < -0.39 is 0 Å². The van der Waals surface area contributed by atoms with Gasteiger partial charge in [-0.2, -0.15) is 0 Å². The van der Waals surface area contributed by atoms with Gasteiger partial charge in [0.15, 0.2) is 0 Å². The summed E-state index contributed by atoms with van der Waals surface area (Å²) in [5.74, 6) is 1.83. The molecular formula is C12H16OS. The van der Waals surface area contributed by atoms with Crippen molar-refractivity contribution in [1.29, 1.82) is 0 Å². The monoisotopic (exact) mass is 208 g/mol. The maximum atomic E-state index is 5.74. The molecule has 0 N–H and O–H groups in total. The van der Waals surface area contributed by atoms with E-state index in [2.05, 4.69) is 24.5 Å². The van der Waals surface area contributed by atoms with Gasteiger partial charge in [0.2, 0.25) is 0 Å². The fourth-order valence-corrected chi connectivity index (χ4v) is 2.01. The lowest BCUT2D eigenvalue weighted by atomic mass is 9.86. The van der Waals surface area contributed by atoms with Crippen molar-refractivity contribution in [2.24, 2.45) is 5.92 Å². The molecule has 14 heavy (non-hydrogen) atoms. The maximum absolute atomic E-state index is 5.74. The Morgan fingerprint density at radius 1 is 1.43 bits per heavy atom. The second kappa shape index (κ2) is 4.74. The van der Waals surface area contributed by atoms with Crippen molar-refractivity contribution in [2.45, 2.75) is 24.2 Å². The zero-order valence-electron chi connectivity index (χ0n) is 8.53. The highest BCUT2D eigenvalue weighted by atomic mass is 32.2. The van der Waals surface area contributed by atoms with Crippen molar-refractivity contribution in [3.63, 3.8) is 0 Å². The molecule has 0 spiro atoms. The molecule has 1 saturated carbocycles. The van der Waals surface area contributed by atoms with Gasteiger partial charge >= 0.3 is 0 Å². The van der Waals surface area contributed by atoms with Crippen LogP contribution in [0.15, 0.2) is 29.2 Å². The molecule has 0 amide bonds. The highest BCUT2D eigenvalue weighted by molar-refractivity contribution is 7.98. The minimum absolute atomic E-state index is 0.813. The third kappa shape index (κ3) is 2.44. The molecule has 2 rings (SSSR count). The van der Waals surface area contributed by atoms with Crippen molar-refractivity contribution in [3.8, 4) is 5.75 Å². The van der Waals surface area contributed by atoms with Crippen LogP contribution >= 0.6 is 11.8 Å². The van der Waals surface area contributed by atoms with Gasteiger partial charge in [0.05, 0.1) is 6.61 Å². The van der Waals surface area contributed by atoms with Crippen LogP contribution in [-0.2, 0) is 0 Å². The summed E-state index contributed by atoms with van der Waals surface area (Å²) in [5.41, 5.74) is 0. The Morgan fingerprint density at radius 2 is 2.29 bits per heavy atom. The second-order valence-corrected chi connectivity index (χ2v) is 4.67. The van der Waals surface area contributed by atoms with Crippen LogP contribution in [-0.4, -0.2) is 12.9 Å². The van der Waals surface area contributed by atoms with Crippen LogP contribution < -0.4 is 4.74 Å². The first kappa shape index (κ1) is 9.91. The van der Waals surface area contributed by atoms with E-state index >= 15 is 0 Å². The fraction of sp³-hybridized carbons (Fsp3) is 0.500. The Labute approximate surface area is 89.9 Å². The molecule has 1 aromatic rings. The minimum atomic E-state index is 0.813. The van der Waals surface area contributed by atoms with E-state index in [-0.39, 0.29) is 0 Å². The molecule has 1 aromatic carbocycles. The Balaban J connectivity index is 1.87. The molecule has 0 aliphatic heterocycles. The summed E-state index contributed by atoms with van der Waals surface area (Å²) in [6, 6.07) is 8.32. The molecule has 0 bridgehead atoms. The van der Waals surface area contributed by atoms with E-state index in [1.54, 1.807) is 11.8 Å². The number of benzene rings is 1. The molecule has 0 radical (unpaired) electrons. The highest BCUT2D eigenvalue weighted by Crippen LogP contribution is 2.28. The first-order valence-electron chi connectivity index (χ1n) is 5.15. The van der Waals surface area contributed by atoms with E-state index in [0.717, 1.165) is 18.3 Å². The maximum Gasteiger partial charge on any atom is 0.120 e. The van der Waals surface area contributed by atoms with E-state index in [9.17, 15) is 0 Å². The molecule has 2 heteroatoms. The number of ether oxygens (including phenoxy) is 1. The van der Waals surface area contributed by atoms with Crippen molar-refractivity contribution >= 4 is 11.8 Å². The predicted octanol–water partition coefficient (Wildman–Crippen LogP) is 3.59. The van der Waals surface area contributed by atoms with Crippen LogP contribution in [0.25, 0.3) is 0 Å². The molecule has 0 aromatic heterocycles. The molecule has 76 valence electrons. The van der Waals surface area contributed by atoms with Crippen LogP contribution in [0.4, 0.5) is 0 Å². The molecule has 1 aliphatic rings. The molecule has 0 unspecified atom stereocenters. The highest BCUT2D eigenvalue weighted by Gasteiger charge is 2.17. The molecule has 1 nitrogen and oxygen atoms in total. The normalized spacial score (nSPS) is 16.4. The van der Waals surface area contributed by atoms with Gasteiger partial charge in [-0.3, -0.25) is 0 Å². The molecule has 1 aliphatic carbocycles. The summed E-state index contributed by atoms with van der Waals surface area (Å²) in [5, 5.41) is 0. The van der Waals surface area contributed by atoms with Gasteiger partial charge in [-0.1, -0.05) is 12.5 Å². The predicted molar refractivity (Wildman–Crippen MR) is 61.1 cm³/mol. The standard InChI is InChI=1S/C12H16OS/c1-14-12-7-3-6-11(8-12)13-9-10-4-2-5-10/h3,6-8,10H,2,4-5,9H2,1H3. The Hall–Kier alpha value is -0.630. The summed E-state index contributed by atoms with van der Waals surface area (Å²) in [7, 11) is 0. The fourth-order valence-electron chi connectivity index (χ4n) is 1.56. The van der Waals surface area contributed by atoms with E-state index in [1.165, 1.54) is 24.2 Å². The largest absolute Gasteiger partial charge is 0.493 e. The summed E-state index contributed by atoms with van der Waals surface area (Å²) in [4.78, 5) is 1.27. The van der Waals surface area contributed by atoms with Gasteiger partial charge in [-0.05, 0) is 43.2 Å². The minimum Gasteiger partial charge on any atom is -0.493 e. The van der Waals surface area contributed by atoms with E-state index in [1.807, 2.05) is 6.07 Å². The Kier molecular flexibility index (Phi) is 3.35. The van der Waals surface area contributed by atoms with Crippen molar-refractivity contribution in [1.82, 2.24) is 0 Å². The van der Waals surface area contributed by atoms with Gasteiger partial charge < -0.3 is 4.74 Å². The average Bonchev–Trinajstić information content (AvgIpc) is 2.16. The van der Waals surface area contributed by atoms with Gasteiger partial charge in [-0.25, -0.2) is 0 Å². The quantitative estimate of drug-likeness (QED) is 0.699. The van der Waals surface area contributed by atoms with Crippen LogP contribution in [0.2, 0.25) is 0 Å². The number of thioether (sulfide) groups is 1. The van der Waals surface area contributed by atoms with Gasteiger partial charge in [0, 0.05) is 4.90 Å². The second-order valence-electron chi connectivity index (χ2n) is 3.79. The van der Waals surface area contributed by atoms with Crippen molar-refractivity contribution in [2.75, 3.05) is 12.9 Å². The molecule has 0 heterocycles. The smallest absolute Gasteiger partial charge is 0.120 e. The van der Waals surface area contributed by atoms with E-state index in [4.69, 9.17) is 4.74 Å². The SMILES string of the molecule is CSc1cccc(OCC2CCC2)c1. The summed E-state index contributed by atoms with van der Waals surface area (Å²) < 4.78 is 5.74. The zero-order chi connectivity index (χ0) is 9.80. The molecule has 1 fully saturated rings. The summed E-state index contributed by atoms with van der Waals surface area (Å²) in [6.45, 7) is 0.901. The number of hydrogen-bond donors (Lipinski definition) is 0. The average molecular weight is 208 g/mol. The third-order valence-electron chi connectivity index (χ3n) is 2.75. The molecular weight excluding hydrogens is 192 g/mol. The zero-order valence-corrected chi connectivity index (χ0v) is 9.35. The third-order valence-corrected chi connectivity index (χ3v) is 3.48. The summed E-state index contributed by atoms with van der Waals surface area (Å²) >= 11 is 1.76. The number of rotatable bonds is 4. The van der Waals surface area contributed by atoms with Crippen LogP contribution in [0, 0.1) is 5.92 Å². The van der Waals surface area contributed by atoms with Crippen molar-refractivity contribution in [3.05, 3.63) is 24.3 Å². The van der Waals surface area contributed by atoms with E-state index in [0.29, 0.717) is 0 Å². The van der Waals surface area contributed by atoms with Crippen LogP contribution in [0.1, 0.15) is 19.3 Å². The lowest BCUT2D eigenvalue weighted by Crippen LogP contribution is -2.19. The van der Waals surface area contributed by atoms with Gasteiger partial charge in [0.1, 0.15) is 5.75 Å². The molecule has 0 atom stereocenters. The van der Waals surface area contributed by atoms with Crippen molar-refractivity contribution < 1.29 is 4.74 Å². The topological polar surface area (TPSA) is 9.23 Å². The van der Waals surface area contributed by atoms with Gasteiger partial charge in [0.25, 0.3) is 0 Å². The first-order chi connectivity index (χ1) is 6.88. The van der Waals surface area contributed by atoms with Crippen LogP contribution in [0.5, 0.6) is 5.75 Å². The number of hydrogen-bond acceptors (Lipinski definition) is 2. The lowest BCUT2D eigenvalue weighted by molar-refractivity contribution is 0.180.